The summed E-state index contributed by atoms with van der Waals surface area (Å²) in [6, 6.07) is 21.1. The van der Waals surface area contributed by atoms with Gasteiger partial charge in [0.15, 0.2) is 0 Å². The number of halogens is 1. The number of carbonyl (C=O) groups is 2. The van der Waals surface area contributed by atoms with E-state index in [1.54, 1.807) is 18.0 Å². The minimum absolute atomic E-state index is 0.00425. The van der Waals surface area contributed by atoms with Crippen molar-refractivity contribution in [2.24, 2.45) is 4.99 Å². The summed E-state index contributed by atoms with van der Waals surface area (Å²) >= 11 is 0. The second-order valence-corrected chi connectivity index (χ2v) is 8.87. The molecule has 1 fully saturated rings. The summed E-state index contributed by atoms with van der Waals surface area (Å²) in [6.45, 7) is 3.13. The number of morpholine rings is 1. The number of nitrogens with one attached hydrogen (secondary N) is 1. The average Bonchev–Trinajstić information content (AvgIpc) is 3.22. The van der Waals surface area contributed by atoms with Gasteiger partial charge in [-0.15, -0.1) is 0 Å². The van der Waals surface area contributed by atoms with Crippen LogP contribution in [0.25, 0.3) is 0 Å². The maximum atomic E-state index is 13.8. The Kier molecular flexibility index (Phi) is 6.88. The normalized spacial score (nSPS) is 18.0. The number of rotatable bonds is 6. The van der Waals surface area contributed by atoms with E-state index in [1.165, 1.54) is 12.1 Å². The maximum absolute atomic E-state index is 13.8. The zero-order valence-electron chi connectivity index (χ0n) is 20.0. The lowest BCUT2D eigenvalue weighted by molar-refractivity contribution is -0.120. The third-order valence-corrected chi connectivity index (χ3v) is 6.51. The zero-order chi connectivity index (χ0) is 25.1. The van der Waals surface area contributed by atoms with Gasteiger partial charge >= 0.3 is 0 Å². The Bertz CT molecular complexity index is 1290. The summed E-state index contributed by atoms with van der Waals surface area (Å²) < 4.78 is 19.1. The Morgan fingerprint density at radius 2 is 1.81 bits per heavy atom. The molecule has 1 unspecified atom stereocenters. The molecule has 3 aromatic rings. The van der Waals surface area contributed by atoms with Gasteiger partial charge in [-0.2, -0.15) is 0 Å². The zero-order valence-corrected chi connectivity index (χ0v) is 20.0. The SMILES string of the molecule is CN(C(=O)CN1CCOCC1)c1ccc(N=C(c2ccccc2)C2C(=O)Nc3cc(F)ccc32)cc1. The van der Waals surface area contributed by atoms with E-state index in [0.29, 0.717) is 42.4 Å². The highest BCUT2D eigenvalue weighted by atomic mass is 19.1. The number of ether oxygens (including phenoxy) is 1. The van der Waals surface area contributed by atoms with E-state index in [4.69, 9.17) is 9.73 Å². The molecule has 1 saturated heterocycles. The van der Waals surface area contributed by atoms with Crippen molar-refractivity contribution in [1.29, 1.82) is 0 Å². The lowest BCUT2D eigenvalue weighted by atomic mass is 9.90. The lowest BCUT2D eigenvalue weighted by Crippen LogP contribution is -2.43. The molecule has 1 N–H and O–H groups in total. The van der Waals surface area contributed by atoms with Gasteiger partial charge in [0.05, 0.1) is 31.2 Å². The number of fused-ring (bicyclic) bond motifs is 1. The number of aliphatic imine (C=N–C) groups is 1. The molecule has 2 aliphatic rings. The van der Waals surface area contributed by atoms with Crippen LogP contribution in [-0.2, 0) is 14.3 Å². The van der Waals surface area contributed by atoms with Gasteiger partial charge in [0.1, 0.15) is 11.7 Å². The van der Waals surface area contributed by atoms with Crippen molar-refractivity contribution in [3.8, 4) is 0 Å². The average molecular weight is 487 g/mol. The van der Waals surface area contributed by atoms with Crippen LogP contribution in [0, 0.1) is 5.82 Å². The van der Waals surface area contributed by atoms with Gasteiger partial charge in [-0.1, -0.05) is 36.4 Å². The molecule has 0 saturated carbocycles. The predicted molar refractivity (Wildman–Crippen MR) is 138 cm³/mol. The van der Waals surface area contributed by atoms with Gasteiger partial charge in [-0.25, -0.2) is 4.39 Å². The molecule has 184 valence electrons. The standard InChI is InChI=1S/C28H27FN4O3/c1-32(25(34)18-33-13-15-36-16-14-33)22-10-8-21(9-11-22)30-27(19-5-3-2-4-6-19)26-23-12-7-20(29)17-24(23)31-28(26)35/h2-12,17,26H,13-16,18H2,1H3,(H,31,35). The highest BCUT2D eigenvalue weighted by Gasteiger charge is 2.35. The smallest absolute Gasteiger partial charge is 0.240 e. The first-order valence-electron chi connectivity index (χ1n) is 11.9. The van der Waals surface area contributed by atoms with E-state index in [1.807, 2.05) is 54.6 Å². The minimum atomic E-state index is -0.666. The third-order valence-electron chi connectivity index (χ3n) is 6.51. The summed E-state index contributed by atoms with van der Waals surface area (Å²) in [6.07, 6.45) is 0. The fourth-order valence-electron chi connectivity index (χ4n) is 4.50. The molecular formula is C28H27FN4O3. The lowest BCUT2D eigenvalue weighted by Gasteiger charge is -2.28. The highest BCUT2D eigenvalue weighted by molar-refractivity contribution is 6.24. The summed E-state index contributed by atoms with van der Waals surface area (Å²) in [5.41, 5.74) is 3.93. The molecule has 0 aliphatic carbocycles. The van der Waals surface area contributed by atoms with Crippen molar-refractivity contribution in [3.63, 3.8) is 0 Å². The molecule has 0 spiro atoms. The third kappa shape index (κ3) is 5.05. The van der Waals surface area contributed by atoms with Crippen LogP contribution in [0.2, 0.25) is 0 Å². The highest BCUT2D eigenvalue weighted by Crippen LogP contribution is 2.36. The Morgan fingerprint density at radius 3 is 2.53 bits per heavy atom. The predicted octanol–water partition coefficient (Wildman–Crippen LogP) is 3.98. The monoisotopic (exact) mass is 486 g/mol. The van der Waals surface area contributed by atoms with E-state index in [2.05, 4.69) is 10.2 Å². The Morgan fingerprint density at radius 1 is 1.08 bits per heavy atom. The van der Waals surface area contributed by atoms with Gasteiger partial charge in [-0.3, -0.25) is 19.5 Å². The first-order chi connectivity index (χ1) is 17.5. The van der Waals surface area contributed by atoms with E-state index in [9.17, 15) is 14.0 Å². The van der Waals surface area contributed by atoms with Crippen LogP contribution in [0.1, 0.15) is 17.0 Å². The molecule has 7 nitrogen and oxygen atoms in total. The number of amides is 2. The summed E-state index contributed by atoms with van der Waals surface area (Å²) in [5.74, 6) is -1.32. The number of benzene rings is 3. The van der Waals surface area contributed by atoms with Gasteiger partial charge in [0.2, 0.25) is 11.8 Å². The van der Waals surface area contributed by atoms with Crippen LogP contribution in [0.5, 0.6) is 0 Å². The number of hydrogen-bond acceptors (Lipinski definition) is 5. The van der Waals surface area contributed by atoms with Crippen LogP contribution in [-0.4, -0.2) is 62.3 Å². The molecule has 2 amide bonds. The van der Waals surface area contributed by atoms with Crippen LogP contribution in [0.3, 0.4) is 0 Å². The number of likely N-dealkylation sites (N-methyl/N-ethyl adjacent to an activating group) is 1. The van der Waals surface area contributed by atoms with Crippen LogP contribution >= 0.6 is 0 Å². The van der Waals surface area contributed by atoms with Gasteiger partial charge in [-0.05, 0) is 47.5 Å². The molecule has 0 aromatic heterocycles. The second kappa shape index (κ2) is 10.4. The molecule has 0 radical (unpaired) electrons. The van der Waals surface area contributed by atoms with Crippen molar-refractivity contribution in [1.82, 2.24) is 4.90 Å². The van der Waals surface area contributed by atoms with Crippen LogP contribution in [0.4, 0.5) is 21.5 Å². The van der Waals surface area contributed by atoms with E-state index in [-0.39, 0.29) is 11.8 Å². The van der Waals surface area contributed by atoms with Gasteiger partial charge in [0, 0.05) is 31.5 Å². The van der Waals surface area contributed by atoms with Crippen molar-refractivity contribution in [2.45, 2.75) is 5.92 Å². The molecule has 2 heterocycles. The number of anilines is 2. The quantitative estimate of drug-likeness (QED) is 0.535. The Labute approximate surface area is 209 Å². The molecule has 5 rings (SSSR count). The van der Waals surface area contributed by atoms with Crippen LogP contribution < -0.4 is 10.2 Å². The van der Waals surface area contributed by atoms with E-state index >= 15 is 0 Å². The first kappa shape index (κ1) is 23.8. The molecule has 0 bridgehead atoms. The fraction of sp³-hybridized carbons (Fsp3) is 0.250. The van der Waals surface area contributed by atoms with E-state index < -0.39 is 11.7 Å². The number of nitrogens with zero attached hydrogens (tertiary/aromatic N) is 3. The Balaban J connectivity index is 1.42. The van der Waals surface area contributed by atoms with Crippen molar-refractivity contribution in [2.75, 3.05) is 50.1 Å². The minimum Gasteiger partial charge on any atom is -0.379 e. The molecule has 1 atom stereocenters. The molecule has 2 aliphatic heterocycles. The summed E-state index contributed by atoms with van der Waals surface area (Å²) in [4.78, 5) is 34.3. The molecular weight excluding hydrogens is 459 g/mol. The summed E-state index contributed by atoms with van der Waals surface area (Å²) in [5, 5.41) is 2.78. The first-order valence-corrected chi connectivity index (χ1v) is 11.9. The second-order valence-electron chi connectivity index (χ2n) is 8.87. The molecule has 8 heteroatoms. The van der Waals surface area contributed by atoms with Gasteiger partial charge in [0.25, 0.3) is 0 Å². The van der Waals surface area contributed by atoms with Gasteiger partial charge < -0.3 is 15.0 Å². The maximum Gasteiger partial charge on any atom is 0.240 e. The topological polar surface area (TPSA) is 74.2 Å². The summed E-state index contributed by atoms with van der Waals surface area (Å²) in [7, 11) is 1.76. The number of hydrogen-bond donors (Lipinski definition) is 1. The fourth-order valence-corrected chi connectivity index (χ4v) is 4.50. The van der Waals surface area contributed by atoms with Crippen molar-refractivity contribution < 1.29 is 18.7 Å². The van der Waals surface area contributed by atoms with Crippen molar-refractivity contribution >= 4 is 34.6 Å². The van der Waals surface area contributed by atoms with Crippen molar-refractivity contribution in [3.05, 3.63) is 89.7 Å². The number of carbonyl (C=O) groups excluding carboxylic acids is 2. The largest absolute Gasteiger partial charge is 0.379 e. The van der Waals surface area contributed by atoms with Crippen LogP contribution in [0.15, 0.2) is 77.8 Å². The molecule has 36 heavy (non-hydrogen) atoms. The molecule has 3 aromatic carbocycles. The Hall–Kier alpha value is -3.88. The van der Waals surface area contributed by atoms with E-state index in [0.717, 1.165) is 24.3 Å².